The number of ether oxygens (including phenoxy) is 2. The Hall–Kier alpha value is -1.33. The average molecular weight is 280 g/mol. The van der Waals surface area contributed by atoms with E-state index < -0.39 is 0 Å². The Morgan fingerprint density at radius 1 is 1.32 bits per heavy atom. The van der Waals surface area contributed by atoms with E-state index in [1.165, 1.54) is 5.56 Å². The van der Waals surface area contributed by atoms with Gasteiger partial charge in [0, 0.05) is 6.10 Å². The van der Waals surface area contributed by atoms with E-state index in [0.29, 0.717) is 33.8 Å². The first-order chi connectivity index (χ1) is 9.17. The molecule has 19 heavy (non-hydrogen) atoms. The third-order valence-corrected chi connectivity index (χ3v) is 3.66. The van der Waals surface area contributed by atoms with Gasteiger partial charge in [0.1, 0.15) is 0 Å². The highest BCUT2D eigenvalue weighted by atomic mass is 28.2. The minimum Gasteiger partial charge on any atom is -0.493 e. The molecule has 0 aliphatic carbocycles. The van der Waals surface area contributed by atoms with Crippen LogP contribution in [0.25, 0.3) is 0 Å². The van der Waals surface area contributed by atoms with Gasteiger partial charge in [0.25, 0.3) is 6.47 Å². The molecule has 0 fully saturated rings. The minimum atomic E-state index is 0.304. The molecule has 0 atom stereocenters. The van der Waals surface area contributed by atoms with Gasteiger partial charge in [0.05, 0.1) is 7.11 Å². The van der Waals surface area contributed by atoms with Crippen LogP contribution in [-0.4, -0.2) is 29.4 Å². The van der Waals surface area contributed by atoms with Crippen molar-refractivity contribution in [3.63, 3.8) is 0 Å². The van der Waals surface area contributed by atoms with Crippen molar-refractivity contribution < 1.29 is 18.7 Å². The zero-order valence-corrected chi connectivity index (χ0v) is 12.6. The molecule has 4 nitrogen and oxygen atoms in total. The third-order valence-electron chi connectivity index (χ3n) is 2.47. The first-order valence-electron chi connectivity index (χ1n) is 6.33. The number of hydrogen-bond acceptors (Lipinski definition) is 4. The van der Waals surface area contributed by atoms with E-state index in [1.54, 1.807) is 13.2 Å². The Balaban J connectivity index is 2.44. The summed E-state index contributed by atoms with van der Waals surface area (Å²) in [4.78, 5) is 10.3. The van der Waals surface area contributed by atoms with Crippen LogP contribution in [0.1, 0.15) is 25.8 Å². The Morgan fingerprint density at radius 3 is 2.74 bits per heavy atom. The monoisotopic (exact) mass is 280 g/mol. The highest BCUT2D eigenvalue weighted by Crippen LogP contribution is 2.28. The molecule has 0 spiro atoms. The summed E-state index contributed by atoms with van der Waals surface area (Å²) < 4.78 is 15.5. The molecule has 0 aromatic heterocycles. The normalized spacial score (nSPS) is 10.5. The Morgan fingerprint density at radius 2 is 2.11 bits per heavy atom. The van der Waals surface area contributed by atoms with Crippen molar-refractivity contribution in [2.45, 2.75) is 38.8 Å². The second kappa shape index (κ2) is 8.71. The summed E-state index contributed by atoms with van der Waals surface area (Å²) in [6.07, 6.45) is 2.34. The molecule has 0 saturated carbocycles. The number of carbonyl (C=O) groups is 1. The largest absolute Gasteiger partial charge is 0.493 e. The predicted octanol–water partition coefficient (Wildman–Crippen LogP) is 2.63. The molecule has 0 heterocycles. The fourth-order valence-electron chi connectivity index (χ4n) is 1.61. The number of hydrogen-bond donors (Lipinski definition) is 0. The van der Waals surface area contributed by atoms with Gasteiger partial charge in [0.15, 0.2) is 11.5 Å². The van der Waals surface area contributed by atoms with Gasteiger partial charge in [-0.2, -0.15) is 0 Å². The molecular formula is C14H20O4Si. The predicted molar refractivity (Wildman–Crippen MR) is 74.8 cm³/mol. The Labute approximate surface area is 117 Å². The molecule has 1 rings (SSSR count). The maximum Gasteiger partial charge on any atom is 0.298 e. The number of benzene rings is 1. The molecule has 0 bridgehead atoms. The molecule has 2 radical (unpaired) electrons. The lowest BCUT2D eigenvalue weighted by Crippen LogP contribution is -2.06. The van der Waals surface area contributed by atoms with Crippen LogP contribution >= 0.6 is 0 Å². The number of carbonyl (C=O) groups excluding carboxylic acids is 1. The summed E-state index contributed by atoms with van der Waals surface area (Å²) in [5.74, 6) is 1.04. The second-order valence-electron chi connectivity index (χ2n) is 4.36. The van der Waals surface area contributed by atoms with Crippen molar-refractivity contribution in [1.82, 2.24) is 0 Å². The second-order valence-corrected chi connectivity index (χ2v) is 5.39. The molecule has 0 N–H and O–H groups in total. The molecule has 0 aliphatic heterocycles. The summed E-state index contributed by atoms with van der Waals surface area (Å²) in [6, 6.07) is 6.68. The highest BCUT2D eigenvalue weighted by molar-refractivity contribution is 6.27. The lowest BCUT2D eigenvalue weighted by Gasteiger charge is -2.09. The van der Waals surface area contributed by atoms with Crippen molar-refractivity contribution in [1.29, 1.82) is 0 Å². The van der Waals surface area contributed by atoms with Crippen LogP contribution in [0.3, 0.4) is 0 Å². The van der Waals surface area contributed by atoms with Crippen molar-refractivity contribution in [2.75, 3.05) is 7.11 Å². The van der Waals surface area contributed by atoms with Crippen LogP contribution < -0.4 is 9.47 Å². The summed E-state index contributed by atoms with van der Waals surface area (Å²) >= 11 is 0. The van der Waals surface area contributed by atoms with E-state index in [0.717, 1.165) is 18.9 Å². The number of methoxy groups -OCH3 is 1. The van der Waals surface area contributed by atoms with E-state index in [-0.39, 0.29) is 0 Å². The zero-order valence-electron chi connectivity index (χ0n) is 11.6. The van der Waals surface area contributed by atoms with E-state index in [4.69, 9.17) is 13.9 Å². The van der Waals surface area contributed by atoms with Crippen LogP contribution in [0.2, 0.25) is 6.04 Å². The summed E-state index contributed by atoms with van der Waals surface area (Å²) in [5, 5.41) is 0. The summed E-state index contributed by atoms with van der Waals surface area (Å²) in [5.41, 5.74) is 1.17. The average Bonchev–Trinajstić information content (AvgIpc) is 2.39. The topological polar surface area (TPSA) is 44.8 Å². The molecule has 104 valence electrons. The maximum atomic E-state index is 10.3. The summed E-state index contributed by atoms with van der Waals surface area (Å²) in [7, 11) is 2.12. The fraction of sp³-hybridized carbons (Fsp3) is 0.500. The molecule has 0 aliphatic rings. The lowest BCUT2D eigenvalue weighted by atomic mass is 10.1. The number of rotatable bonds is 9. The SMILES string of the molecule is COc1cc(CCC[Si]OC(C)C)ccc1OC=O. The van der Waals surface area contributed by atoms with E-state index in [2.05, 4.69) is 0 Å². The van der Waals surface area contributed by atoms with Gasteiger partial charge in [-0.15, -0.1) is 0 Å². The van der Waals surface area contributed by atoms with Gasteiger partial charge >= 0.3 is 0 Å². The van der Waals surface area contributed by atoms with E-state index in [1.807, 2.05) is 26.0 Å². The number of aryl methyl sites for hydroxylation is 1. The van der Waals surface area contributed by atoms with Crippen LogP contribution in [0.15, 0.2) is 18.2 Å². The quantitative estimate of drug-likeness (QED) is 0.396. The Kier molecular flexibility index (Phi) is 7.21. The lowest BCUT2D eigenvalue weighted by molar-refractivity contribution is -0.120. The third kappa shape index (κ3) is 5.89. The summed E-state index contributed by atoms with van der Waals surface area (Å²) in [6.45, 7) is 4.50. The first-order valence-corrected chi connectivity index (χ1v) is 7.44. The van der Waals surface area contributed by atoms with Crippen LogP contribution in [-0.2, 0) is 15.6 Å². The van der Waals surface area contributed by atoms with Crippen LogP contribution in [0.4, 0.5) is 0 Å². The molecule has 0 amide bonds. The molecule has 1 aromatic rings. The fourth-order valence-corrected chi connectivity index (χ4v) is 2.38. The van der Waals surface area contributed by atoms with Crippen molar-refractivity contribution in [2.24, 2.45) is 0 Å². The first kappa shape index (κ1) is 15.7. The van der Waals surface area contributed by atoms with Crippen molar-refractivity contribution in [3.05, 3.63) is 23.8 Å². The molecule has 0 saturated heterocycles. The van der Waals surface area contributed by atoms with Gasteiger partial charge in [-0.1, -0.05) is 6.07 Å². The molecule has 1 aromatic carbocycles. The smallest absolute Gasteiger partial charge is 0.298 e. The van der Waals surface area contributed by atoms with Gasteiger partial charge < -0.3 is 13.9 Å². The minimum absolute atomic E-state index is 0.304. The van der Waals surface area contributed by atoms with Gasteiger partial charge in [-0.05, 0) is 50.4 Å². The van der Waals surface area contributed by atoms with Gasteiger partial charge in [0.2, 0.25) is 9.76 Å². The molecule has 0 unspecified atom stereocenters. The van der Waals surface area contributed by atoms with Crippen molar-refractivity contribution >= 4 is 16.2 Å². The molecule has 5 heteroatoms. The van der Waals surface area contributed by atoms with Gasteiger partial charge in [-0.3, -0.25) is 4.79 Å². The Bertz CT molecular complexity index is 393. The van der Waals surface area contributed by atoms with E-state index >= 15 is 0 Å². The molecular weight excluding hydrogens is 260 g/mol. The van der Waals surface area contributed by atoms with Crippen LogP contribution in [0, 0.1) is 0 Å². The van der Waals surface area contributed by atoms with Gasteiger partial charge in [-0.25, -0.2) is 0 Å². The van der Waals surface area contributed by atoms with E-state index in [9.17, 15) is 4.79 Å². The maximum absolute atomic E-state index is 10.3. The van der Waals surface area contributed by atoms with Crippen molar-refractivity contribution in [3.8, 4) is 11.5 Å². The zero-order chi connectivity index (χ0) is 14.1. The standard InChI is InChI=1S/C14H20O4Si/c1-11(2)18-19-8-4-5-12-6-7-13(17-10-15)14(9-12)16-3/h6-7,9-11H,4-5,8H2,1-3H3. The van der Waals surface area contributed by atoms with Crippen LogP contribution in [0.5, 0.6) is 11.5 Å². The highest BCUT2D eigenvalue weighted by Gasteiger charge is 2.05.